The zero-order valence-electron chi connectivity index (χ0n) is 17.1. The largest absolute Gasteiger partial charge is 0.489 e. The molecule has 2 aromatic carbocycles. The van der Waals surface area contributed by atoms with Gasteiger partial charge in [0.1, 0.15) is 5.75 Å². The minimum atomic E-state index is -0.125. The van der Waals surface area contributed by atoms with Crippen LogP contribution in [0.5, 0.6) is 5.75 Å². The highest BCUT2D eigenvalue weighted by Gasteiger charge is 2.23. The first-order valence-electron chi connectivity index (χ1n) is 9.86. The molecule has 0 saturated carbocycles. The van der Waals surface area contributed by atoms with Gasteiger partial charge in [0.15, 0.2) is 0 Å². The number of ether oxygens (including phenoxy) is 1. The van der Waals surface area contributed by atoms with Gasteiger partial charge in [0, 0.05) is 44.5 Å². The van der Waals surface area contributed by atoms with Crippen molar-refractivity contribution in [1.82, 2.24) is 4.90 Å². The minimum Gasteiger partial charge on any atom is -0.489 e. The van der Waals surface area contributed by atoms with Crippen LogP contribution in [0.1, 0.15) is 20.8 Å². The maximum absolute atomic E-state index is 12.6. The second kappa shape index (κ2) is 9.32. The standard InChI is InChI=1S/C22H28N4O3/c1-16(2)29-21-7-5-4-6-20(21)25-12-14-26(15-13-25)22(28)24-19-10-8-18(9-11-19)23-17(3)27/h4-11,16H,12-15H2,1-3H3,(H,23,27)(H,24,28). The number of carbonyl (C=O) groups excluding carboxylic acids is 2. The van der Waals surface area contributed by atoms with Crippen LogP contribution < -0.4 is 20.3 Å². The summed E-state index contributed by atoms with van der Waals surface area (Å²) in [5.41, 5.74) is 2.46. The van der Waals surface area contributed by atoms with Gasteiger partial charge in [-0.25, -0.2) is 4.79 Å². The number of rotatable bonds is 5. The number of hydrogen-bond donors (Lipinski definition) is 2. The van der Waals surface area contributed by atoms with Crippen LogP contribution in [0, 0.1) is 0 Å². The van der Waals surface area contributed by atoms with E-state index in [0.717, 1.165) is 24.5 Å². The second-order valence-electron chi connectivity index (χ2n) is 7.30. The first-order chi connectivity index (χ1) is 13.9. The molecule has 1 aliphatic rings. The maximum atomic E-state index is 12.6. The SMILES string of the molecule is CC(=O)Nc1ccc(NC(=O)N2CCN(c3ccccc3OC(C)C)CC2)cc1. The molecule has 0 aliphatic carbocycles. The van der Waals surface area contributed by atoms with Crippen molar-refractivity contribution in [2.24, 2.45) is 0 Å². The van der Waals surface area contributed by atoms with Crippen LogP contribution in [0.4, 0.5) is 21.9 Å². The summed E-state index contributed by atoms with van der Waals surface area (Å²) in [5.74, 6) is 0.750. The molecule has 3 rings (SSSR count). The second-order valence-corrected chi connectivity index (χ2v) is 7.30. The number of amides is 3. The number of nitrogens with zero attached hydrogens (tertiary/aromatic N) is 2. The lowest BCUT2D eigenvalue weighted by Crippen LogP contribution is -2.50. The Labute approximate surface area is 171 Å². The molecular weight excluding hydrogens is 368 g/mol. The number of benzene rings is 2. The zero-order valence-corrected chi connectivity index (χ0v) is 17.1. The quantitative estimate of drug-likeness (QED) is 0.807. The van der Waals surface area contributed by atoms with Gasteiger partial charge < -0.3 is 25.2 Å². The van der Waals surface area contributed by atoms with Crippen molar-refractivity contribution in [3.63, 3.8) is 0 Å². The lowest BCUT2D eigenvalue weighted by atomic mass is 10.2. The molecule has 1 fully saturated rings. The predicted molar refractivity (Wildman–Crippen MR) is 116 cm³/mol. The molecule has 1 saturated heterocycles. The van der Waals surface area contributed by atoms with Crippen LogP contribution in [-0.4, -0.2) is 49.1 Å². The molecule has 2 aromatic rings. The van der Waals surface area contributed by atoms with Crippen LogP contribution in [0.2, 0.25) is 0 Å². The van der Waals surface area contributed by atoms with Gasteiger partial charge in [0.05, 0.1) is 11.8 Å². The van der Waals surface area contributed by atoms with Crippen LogP contribution in [0.15, 0.2) is 48.5 Å². The van der Waals surface area contributed by atoms with Crippen LogP contribution >= 0.6 is 0 Å². The summed E-state index contributed by atoms with van der Waals surface area (Å²) in [6.45, 7) is 8.24. The van der Waals surface area contributed by atoms with E-state index in [1.807, 2.05) is 36.9 Å². The van der Waals surface area contributed by atoms with Crippen LogP contribution in [0.3, 0.4) is 0 Å². The van der Waals surface area contributed by atoms with E-state index in [1.165, 1.54) is 6.92 Å². The highest BCUT2D eigenvalue weighted by Crippen LogP contribution is 2.29. The number of nitrogens with one attached hydrogen (secondary N) is 2. The summed E-state index contributed by atoms with van der Waals surface area (Å²) in [6, 6.07) is 15.0. The van der Waals surface area contributed by atoms with Gasteiger partial charge in [-0.2, -0.15) is 0 Å². The summed E-state index contributed by atoms with van der Waals surface area (Å²) in [7, 11) is 0. The summed E-state index contributed by atoms with van der Waals surface area (Å²) in [6.07, 6.45) is 0.111. The number of hydrogen-bond acceptors (Lipinski definition) is 4. The molecule has 0 unspecified atom stereocenters. The number of anilines is 3. The van der Waals surface area contributed by atoms with Crippen molar-refractivity contribution < 1.29 is 14.3 Å². The van der Waals surface area contributed by atoms with E-state index in [-0.39, 0.29) is 18.0 Å². The van der Waals surface area contributed by atoms with E-state index in [0.29, 0.717) is 24.5 Å². The zero-order chi connectivity index (χ0) is 20.8. The number of urea groups is 1. The summed E-state index contributed by atoms with van der Waals surface area (Å²) >= 11 is 0. The lowest BCUT2D eigenvalue weighted by Gasteiger charge is -2.36. The first-order valence-corrected chi connectivity index (χ1v) is 9.86. The van der Waals surface area contributed by atoms with E-state index < -0.39 is 0 Å². The third-order valence-electron chi connectivity index (χ3n) is 4.59. The Hall–Kier alpha value is -3.22. The Kier molecular flexibility index (Phi) is 6.59. The molecule has 1 heterocycles. The molecular formula is C22H28N4O3. The Balaban J connectivity index is 1.55. The van der Waals surface area contributed by atoms with Gasteiger partial charge in [-0.1, -0.05) is 12.1 Å². The summed E-state index contributed by atoms with van der Waals surface area (Å²) in [5, 5.41) is 5.62. The fourth-order valence-corrected chi connectivity index (χ4v) is 3.27. The summed E-state index contributed by atoms with van der Waals surface area (Å²) < 4.78 is 5.92. The van der Waals surface area contributed by atoms with Crippen molar-refractivity contribution in [2.75, 3.05) is 41.7 Å². The normalized spacial score (nSPS) is 13.9. The molecule has 0 atom stereocenters. The van der Waals surface area contributed by atoms with Gasteiger partial charge in [-0.15, -0.1) is 0 Å². The van der Waals surface area contributed by atoms with E-state index in [1.54, 1.807) is 24.3 Å². The molecule has 3 amide bonds. The van der Waals surface area contributed by atoms with E-state index in [4.69, 9.17) is 4.74 Å². The highest BCUT2D eigenvalue weighted by atomic mass is 16.5. The molecule has 2 N–H and O–H groups in total. The number of para-hydroxylation sites is 2. The van der Waals surface area contributed by atoms with Gasteiger partial charge in [0.25, 0.3) is 0 Å². The van der Waals surface area contributed by atoms with Gasteiger partial charge in [-0.3, -0.25) is 4.79 Å². The number of carbonyl (C=O) groups is 2. The summed E-state index contributed by atoms with van der Waals surface area (Å²) in [4.78, 5) is 27.7. The first kappa shape index (κ1) is 20.5. The fourth-order valence-electron chi connectivity index (χ4n) is 3.27. The molecule has 0 spiro atoms. The predicted octanol–water partition coefficient (Wildman–Crippen LogP) is 3.79. The molecule has 7 heteroatoms. The molecule has 0 bridgehead atoms. The van der Waals surface area contributed by atoms with Gasteiger partial charge in [0.2, 0.25) is 5.91 Å². The molecule has 1 aliphatic heterocycles. The number of piperazine rings is 1. The van der Waals surface area contributed by atoms with Crippen molar-refractivity contribution >= 4 is 29.0 Å². The fraction of sp³-hybridized carbons (Fsp3) is 0.364. The maximum Gasteiger partial charge on any atom is 0.321 e. The van der Waals surface area contributed by atoms with Crippen LogP contribution in [0.25, 0.3) is 0 Å². The average Bonchev–Trinajstić information content (AvgIpc) is 2.69. The van der Waals surface area contributed by atoms with Crippen molar-refractivity contribution in [1.29, 1.82) is 0 Å². The molecule has 7 nitrogen and oxygen atoms in total. The highest BCUT2D eigenvalue weighted by molar-refractivity contribution is 5.91. The molecule has 0 radical (unpaired) electrons. The van der Waals surface area contributed by atoms with Crippen molar-refractivity contribution in [3.8, 4) is 5.75 Å². The third kappa shape index (κ3) is 5.63. The van der Waals surface area contributed by atoms with Gasteiger partial charge >= 0.3 is 6.03 Å². The Morgan fingerprint density at radius 2 is 1.48 bits per heavy atom. The minimum absolute atomic E-state index is 0.111. The Morgan fingerprint density at radius 3 is 2.07 bits per heavy atom. The topological polar surface area (TPSA) is 73.9 Å². The monoisotopic (exact) mass is 396 g/mol. The average molecular weight is 396 g/mol. The molecule has 154 valence electrons. The van der Waals surface area contributed by atoms with Crippen molar-refractivity contribution in [3.05, 3.63) is 48.5 Å². The lowest BCUT2D eigenvalue weighted by molar-refractivity contribution is -0.114. The van der Waals surface area contributed by atoms with E-state index >= 15 is 0 Å². The van der Waals surface area contributed by atoms with E-state index in [2.05, 4.69) is 21.6 Å². The van der Waals surface area contributed by atoms with Crippen LogP contribution in [-0.2, 0) is 4.79 Å². The smallest absolute Gasteiger partial charge is 0.321 e. The van der Waals surface area contributed by atoms with Crippen molar-refractivity contribution in [2.45, 2.75) is 26.9 Å². The van der Waals surface area contributed by atoms with E-state index in [9.17, 15) is 9.59 Å². The van der Waals surface area contributed by atoms with Gasteiger partial charge in [-0.05, 0) is 50.2 Å². The molecule has 0 aromatic heterocycles. The molecule has 29 heavy (non-hydrogen) atoms. The Morgan fingerprint density at radius 1 is 0.897 bits per heavy atom. The third-order valence-corrected chi connectivity index (χ3v) is 4.59. The Bertz CT molecular complexity index is 843.